The Kier molecular flexibility index (Phi) is 28.7. The van der Waals surface area contributed by atoms with Gasteiger partial charge in [-0.1, -0.05) is 27.7 Å². The van der Waals surface area contributed by atoms with Crippen molar-refractivity contribution in [2.45, 2.75) is 148 Å². The lowest BCUT2D eigenvalue weighted by Crippen LogP contribution is -2.47. The molecule has 3 aromatic heterocycles. The number of pyridine rings is 3. The summed E-state index contributed by atoms with van der Waals surface area (Å²) in [6.07, 6.45) is 0.580. The zero-order chi connectivity index (χ0) is 58.9. The molecule has 3 spiro atoms. The van der Waals surface area contributed by atoms with Gasteiger partial charge in [-0.05, 0) is 43.9 Å². The summed E-state index contributed by atoms with van der Waals surface area (Å²) in [5.74, 6) is -9.60. The Labute approximate surface area is 477 Å². The summed E-state index contributed by atoms with van der Waals surface area (Å²) >= 11 is 0. The molecule has 466 valence electrons. The first kappa shape index (κ1) is 73.3. The number of nitrogens with zero attached hydrogens (tertiary/aromatic N) is 6. The molecule has 7 fully saturated rings. The molecule has 2 saturated carbocycles. The Bertz CT molecular complexity index is 2560. The number of alkyl halides is 9. The van der Waals surface area contributed by atoms with E-state index in [-0.39, 0.29) is 83.6 Å². The highest BCUT2D eigenvalue weighted by molar-refractivity contribution is 5.96. The fraction of sp³-hybridized carbons (Fsp3) is 0.623. The normalized spacial score (nSPS) is 19.3. The predicted molar refractivity (Wildman–Crippen MR) is 272 cm³/mol. The average molecular weight is 1230 g/mol. The second-order valence-electron chi connectivity index (χ2n) is 18.7. The van der Waals surface area contributed by atoms with Crippen molar-refractivity contribution < 1.29 is 105 Å². The number of aromatic nitrogens is 3. The van der Waals surface area contributed by atoms with E-state index < -0.39 is 93.3 Å². The van der Waals surface area contributed by atoms with Gasteiger partial charge in [-0.25, -0.2) is 32.9 Å². The van der Waals surface area contributed by atoms with Gasteiger partial charge in [-0.2, -0.15) is 44.8 Å². The molecule has 2 aliphatic carbocycles. The number of likely N-dealkylation sites (tertiary alicyclic amines) is 2. The number of Topliss-reactive ketones (excluding diaryl/α,β-unsaturated/α-hetero) is 1. The van der Waals surface area contributed by atoms with Crippen molar-refractivity contribution >= 4 is 36.0 Å². The zero-order valence-corrected chi connectivity index (χ0v) is 44.4. The summed E-state index contributed by atoms with van der Waals surface area (Å²) in [4.78, 5) is 56.7. The first-order valence-electron chi connectivity index (χ1n) is 25.3. The number of amides is 2. The summed E-state index contributed by atoms with van der Waals surface area (Å²) in [6.45, 7) is 6.22. The number of nitriles is 1. The van der Waals surface area contributed by atoms with Crippen molar-refractivity contribution in [1.82, 2.24) is 24.8 Å². The van der Waals surface area contributed by atoms with E-state index in [1.165, 1.54) is 55.2 Å². The number of carbonyl (C=O) groups is 4. The lowest BCUT2D eigenvalue weighted by molar-refractivity contribution is -0.181. The lowest BCUT2D eigenvalue weighted by Gasteiger charge is -2.37. The molecule has 7 aliphatic rings. The number of ether oxygens (including phenoxy) is 6. The Morgan fingerprint density at radius 3 is 1.07 bits per heavy atom. The summed E-state index contributed by atoms with van der Waals surface area (Å²) in [7, 11) is 0. The van der Waals surface area contributed by atoms with E-state index in [0.29, 0.717) is 38.3 Å². The van der Waals surface area contributed by atoms with Crippen LogP contribution < -0.4 is 0 Å². The molecule has 0 unspecified atom stereocenters. The van der Waals surface area contributed by atoms with E-state index in [4.69, 9.17) is 38.8 Å². The lowest BCUT2D eigenvalue weighted by atomic mass is 9.94. The summed E-state index contributed by atoms with van der Waals surface area (Å²) < 4.78 is 185. The second kappa shape index (κ2) is 32.5. The molecule has 30 heteroatoms. The maximum absolute atomic E-state index is 14.0. The first-order chi connectivity index (χ1) is 37.7. The van der Waals surface area contributed by atoms with Crippen molar-refractivity contribution in [3.05, 3.63) is 88.0 Å². The van der Waals surface area contributed by atoms with Crippen LogP contribution in [0, 0.1) is 28.8 Å². The molecule has 1 N–H and O–H groups in total. The smallest absolute Gasteiger partial charge is 0.436 e. The van der Waals surface area contributed by atoms with Gasteiger partial charge in [-0.3, -0.25) is 14.4 Å². The van der Waals surface area contributed by atoms with Crippen molar-refractivity contribution in [2.24, 2.45) is 0 Å². The van der Waals surface area contributed by atoms with E-state index in [9.17, 15) is 71.9 Å². The molecule has 83 heavy (non-hydrogen) atoms. The third kappa shape index (κ3) is 20.5. The van der Waals surface area contributed by atoms with Crippen LogP contribution in [0.4, 0.5) is 52.7 Å². The van der Waals surface area contributed by atoms with E-state index in [1.807, 2.05) is 0 Å². The monoisotopic (exact) mass is 1230 g/mol. The molecular formula is C53H67ClF12N6O11. The Morgan fingerprint density at radius 2 is 0.783 bits per heavy atom. The molecule has 17 nitrogen and oxygen atoms in total. The highest BCUT2D eigenvalue weighted by Crippen LogP contribution is 2.38. The van der Waals surface area contributed by atoms with E-state index in [1.54, 1.807) is 6.07 Å². The largest absolute Gasteiger partial charge is 0.478 e. The molecule has 10 rings (SSSR count). The van der Waals surface area contributed by atoms with Crippen LogP contribution in [0.2, 0.25) is 0 Å². The number of carbonyl (C=O) groups excluding carboxylic acids is 3. The van der Waals surface area contributed by atoms with Crippen LogP contribution in [0.15, 0.2) is 36.8 Å². The van der Waals surface area contributed by atoms with Gasteiger partial charge in [-0.15, -0.1) is 12.4 Å². The Morgan fingerprint density at radius 1 is 0.518 bits per heavy atom. The SMILES string of the molecule is C.C.C1CCC2(CC1)OCCO2.C1CCC2(CC1)OCCO2.CC#N.Cl.O=C(O)c1ccnc(C(F)(F)F)c1F.O=C(c1ccnc(C(F)(F)F)c1F)N1CCC2(CC1)OCCO2.O=C1CCN(C(=O)c2ccnc(C(F)(F)F)c2F)CC1. The van der Waals surface area contributed by atoms with Crippen molar-refractivity contribution in [1.29, 1.82) is 5.26 Å². The number of carboxylic acids is 1. The molecule has 2 amide bonds. The van der Waals surface area contributed by atoms with E-state index >= 15 is 0 Å². The third-order valence-electron chi connectivity index (χ3n) is 13.3. The number of aromatic carboxylic acids is 1. The van der Waals surface area contributed by atoms with Crippen molar-refractivity contribution in [3.8, 4) is 6.07 Å². The number of piperidine rings is 2. The van der Waals surface area contributed by atoms with Crippen molar-refractivity contribution in [3.63, 3.8) is 0 Å². The molecule has 5 aliphatic heterocycles. The van der Waals surface area contributed by atoms with Crippen LogP contribution in [0.25, 0.3) is 0 Å². The van der Waals surface area contributed by atoms with Crippen LogP contribution in [-0.2, 0) is 51.7 Å². The van der Waals surface area contributed by atoms with Gasteiger partial charge in [0, 0.05) is 103 Å². The number of halogens is 13. The van der Waals surface area contributed by atoms with Gasteiger partial charge in [0.1, 0.15) is 5.78 Å². The zero-order valence-electron chi connectivity index (χ0n) is 43.6. The minimum atomic E-state index is -4.99. The summed E-state index contributed by atoms with van der Waals surface area (Å²) in [5.41, 5.74) is -7.57. The van der Waals surface area contributed by atoms with Crippen LogP contribution in [0.5, 0.6) is 0 Å². The quantitative estimate of drug-likeness (QED) is 0.242. The topological polar surface area (TPSA) is 213 Å². The fourth-order valence-electron chi connectivity index (χ4n) is 9.31. The number of rotatable bonds is 3. The highest BCUT2D eigenvalue weighted by Gasteiger charge is 2.44. The molecule has 5 saturated heterocycles. The van der Waals surface area contributed by atoms with Crippen LogP contribution in [0.3, 0.4) is 0 Å². The third-order valence-corrected chi connectivity index (χ3v) is 13.3. The highest BCUT2D eigenvalue weighted by atomic mass is 35.5. The van der Waals surface area contributed by atoms with Gasteiger partial charge in [0.2, 0.25) is 0 Å². The van der Waals surface area contributed by atoms with Crippen LogP contribution in [-0.4, -0.2) is 137 Å². The minimum absolute atomic E-state index is 0. The van der Waals surface area contributed by atoms with Gasteiger partial charge in [0.25, 0.3) is 11.8 Å². The number of hydrogen-bond acceptors (Lipinski definition) is 14. The fourth-order valence-corrected chi connectivity index (χ4v) is 9.31. The average Bonchev–Trinajstić information content (AvgIpc) is 4.22. The molecule has 0 aromatic carbocycles. The van der Waals surface area contributed by atoms with E-state index in [2.05, 4.69) is 15.0 Å². The molecule has 8 heterocycles. The van der Waals surface area contributed by atoms with Gasteiger partial charge in [0.05, 0.1) is 62.4 Å². The number of carboxylic acid groups (broad SMARTS) is 1. The summed E-state index contributed by atoms with van der Waals surface area (Å²) in [5, 5.41) is 15.6. The standard InChI is InChI=1S/C14H14F4N2O3.C12H10F4N2O2.2C8H14O2.C7H3F4NO2.C2H3N.2CH4.ClH/c15-10-9(1-4-19-11(10)14(16,17)18)12(21)20-5-2-13(3-6-20)22-7-8-23-13;13-9-8(1-4-17-10(9)12(14,15)16)11(20)18-5-2-7(19)3-6-18;2*1-2-4-8(5-3-1)9-6-7-10-8;8-4-3(6(13)14)1-2-12-5(4)7(9,10)11;1-2-3;;;/h1,4H,2-3,5-8H2;1,4H,2-3,5-6H2;2*1-7H2;1-2H,(H,13,14);1H3;2*1H4;1H. The minimum Gasteiger partial charge on any atom is -0.478 e. The van der Waals surface area contributed by atoms with E-state index in [0.717, 1.165) is 76.6 Å². The Hall–Kier alpha value is -5.77. The predicted octanol–water partition coefficient (Wildman–Crippen LogP) is 11.8. The maximum Gasteiger partial charge on any atom is 0.436 e. The molecule has 0 atom stereocenters. The molecule has 3 aromatic rings. The molecule has 0 bridgehead atoms. The molecular weight excluding hydrogens is 1160 g/mol. The first-order valence-corrected chi connectivity index (χ1v) is 25.3. The van der Waals surface area contributed by atoms with Crippen LogP contribution in [0.1, 0.15) is 160 Å². The second-order valence-corrected chi connectivity index (χ2v) is 18.7. The van der Waals surface area contributed by atoms with Crippen LogP contribution >= 0.6 is 12.4 Å². The number of hydrogen-bond donors (Lipinski definition) is 1. The van der Waals surface area contributed by atoms with Gasteiger partial charge < -0.3 is 43.3 Å². The van der Waals surface area contributed by atoms with Gasteiger partial charge >= 0.3 is 24.5 Å². The summed E-state index contributed by atoms with van der Waals surface area (Å²) in [6, 6.07) is 4.27. The van der Waals surface area contributed by atoms with Crippen molar-refractivity contribution in [2.75, 3.05) is 65.8 Å². The maximum atomic E-state index is 14.0. The Balaban J connectivity index is 0.000000358. The molecule has 0 radical (unpaired) electrons. The number of ketones is 1. The van der Waals surface area contributed by atoms with Gasteiger partial charge in [0.15, 0.2) is 51.9 Å².